The maximum absolute atomic E-state index is 11.7. The molecule has 0 saturated heterocycles. The third kappa shape index (κ3) is 1.93. The standard InChI is InChI=1S/C15H14N4O/c1-8-3-10(6-17-5-8)12-7-18-14(16)13-11(12)4-9(2)15(20)19-13/h3-7H,1-2H3,(H2,16,18)(H,19,20). The van der Waals surface area contributed by atoms with E-state index < -0.39 is 0 Å². The number of rotatable bonds is 1. The molecule has 0 unspecified atom stereocenters. The molecular weight excluding hydrogens is 252 g/mol. The van der Waals surface area contributed by atoms with Crippen LogP contribution < -0.4 is 11.3 Å². The van der Waals surface area contributed by atoms with Crippen molar-refractivity contribution in [2.45, 2.75) is 13.8 Å². The zero-order chi connectivity index (χ0) is 14.3. The minimum atomic E-state index is -0.148. The number of H-pyrrole nitrogens is 1. The summed E-state index contributed by atoms with van der Waals surface area (Å²) in [5.74, 6) is 0.321. The fraction of sp³-hybridized carbons (Fsp3) is 0.133. The van der Waals surface area contributed by atoms with Crippen molar-refractivity contribution in [2.24, 2.45) is 0 Å². The number of hydrogen-bond donors (Lipinski definition) is 2. The van der Waals surface area contributed by atoms with E-state index in [4.69, 9.17) is 5.73 Å². The second kappa shape index (κ2) is 4.45. The van der Waals surface area contributed by atoms with Gasteiger partial charge in [-0.2, -0.15) is 0 Å². The van der Waals surface area contributed by atoms with Crippen LogP contribution in [0.3, 0.4) is 0 Å². The van der Waals surface area contributed by atoms with Crippen LogP contribution in [0.5, 0.6) is 0 Å². The molecule has 0 saturated carbocycles. The van der Waals surface area contributed by atoms with Gasteiger partial charge in [0.15, 0.2) is 0 Å². The summed E-state index contributed by atoms with van der Waals surface area (Å²) in [5, 5.41) is 0.877. The number of aromatic nitrogens is 3. The van der Waals surface area contributed by atoms with Gasteiger partial charge in [0.05, 0.1) is 5.52 Å². The predicted octanol–water partition coefficient (Wildman–Crippen LogP) is 2.18. The van der Waals surface area contributed by atoms with Crippen LogP contribution in [-0.4, -0.2) is 15.0 Å². The number of pyridine rings is 3. The molecule has 0 bridgehead atoms. The fourth-order valence-electron chi connectivity index (χ4n) is 2.25. The summed E-state index contributed by atoms with van der Waals surface area (Å²) in [5.41, 5.74) is 9.84. The van der Waals surface area contributed by atoms with Gasteiger partial charge in [0.2, 0.25) is 0 Å². The quantitative estimate of drug-likeness (QED) is 0.707. The summed E-state index contributed by atoms with van der Waals surface area (Å²) >= 11 is 0. The summed E-state index contributed by atoms with van der Waals surface area (Å²) in [6.45, 7) is 3.75. The topological polar surface area (TPSA) is 84.7 Å². The van der Waals surface area contributed by atoms with Gasteiger partial charge in [0, 0.05) is 40.7 Å². The molecule has 0 amide bonds. The summed E-state index contributed by atoms with van der Waals surface area (Å²) in [6, 6.07) is 3.87. The smallest absolute Gasteiger partial charge is 0.251 e. The number of nitrogens with two attached hydrogens (primary N) is 1. The summed E-state index contributed by atoms with van der Waals surface area (Å²) in [6.07, 6.45) is 5.29. The third-order valence-electron chi connectivity index (χ3n) is 3.29. The van der Waals surface area contributed by atoms with Crippen LogP contribution in [-0.2, 0) is 0 Å². The van der Waals surface area contributed by atoms with Crippen LogP contribution in [0.15, 0.2) is 35.5 Å². The second-order valence-corrected chi connectivity index (χ2v) is 4.88. The molecule has 5 nitrogen and oxygen atoms in total. The largest absolute Gasteiger partial charge is 0.382 e. The second-order valence-electron chi connectivity index (χ2n) is 4.88. The van der Waals surface area contributed by atoms with E-state index in [1.54, 1.807) is 25.5 Å². The van der Waals surface area contributed by atoms with E-state index >= 15 is 0 Å². The third-order valence-corrected chi connectivity index (χ3v) is 3.29. The Morgan fingerprint density at radius 3 is 2.70 bits per heavy atom. The van der Waals surface area contributed by atoms with Gasteiger partial charge in [-0.05, 0) is 31.5 Å². The van der Waals surface area contributed by atoms with Crippen LogP contribution in [0.4, 0.5) is 5.82 Å². The van der Waals surface area contributed by atoms with Crippen LogP contribution >= 0.6 is 0 Å². The molecular formula is C15H14N4O. The Labute approximate surface area is 115 Å². The molecule has 20 heavy (non-hydrogen) atoms. The SMILES string of the molecule is Cc1cncc(-c2cnc(N)c3[nH]c(=O)c(C)cc23)c1. The lowest BCUT2D eigenvalue weighted by atomic mass is 10.0. The Balaban J connectivity index is 2.40. The van der Waals surface area contributed by atoms with Crippen LogP contribution in [0.25, 0.3) is 22.0 Å². The van der Waals surface area contributed by atoms with E-state index in [1.807, 2.05) is 19.1 Å². The highest BCUT2D eigenvalue weighted by Gasteiger charge is 2.10. The highest BCUT2D eigenvalue weighted by molar-refractivity contribution is 5.98. The summed E-state index contributed by atoms with van der Waals surface area (Å²) in [4.78, 5) is 22.9. The highest BCUT2D eigenvalue weighted by Crippen LogP contribution is 2.29. The van der Waals surface area contributed by atoms with Gasteiger partial charge < -0.3 is 10.7 Å². The highest BCUT2D eigenvalue weighted by atomic mass is 16.1. The molecule has 0 aliphatic rings. The van der Waals surface area contributed by atoms with E-state index in [0.717, 1.165) is 22.1 Å². The molecule has 3 heterocycles. The average Bonchev–Trinajstić information content (AvgIpc) is 2.41. The van der Waals surface area contributed by atoms with Gasteiger partial charge in [-0.3, -0.25) is 9.78 Å². The van der Waals surface area contributed by atoms with Gasteiger partial charge in [0.25, 0.3) is 5.56 Å². The lowest BCUT2D eigenvalue weighted by Crippen LogP contribution is -2.10. The van der Waals surface area contributed by atoms with Crippen molar-refractivity contribution in [1.29, 1.82) is 0 Å². The number of nitrogens with zero attached hydrogens (tertiary/aromatic N) is 2. The normalized spacial score (nSPS) is 10.9. The van der Waals surface area contributed by atoms with Crippen LogP contribution in [0.1, 0.15) is 11.1 Å². The van der Waals surface area contributed by atoms with Crippen LogP contribution in [0.2, 0.25) is 0 Å². The first-order valence-electron chi connectivity index (χ1n) is 6.26. The number of aryl methyl sites for hydroxylation is 2. The van der Waals surface area contributed by atoms with E-state index in [9.17, 15) is 4.79 Å². The molecule has 3 aromatic rings. The Kier molecular flexibility index (Phi) is 2.75. The molecule has 100 valence electrons. The molecule has 5 heteroatoms. The maximum atomic E-state index is 11.7. The molecule has 0 atom stereocenters. The average molecular weight is 266 g/mol. The van der Waals surface area contributed by atoms with Crippen molar-refractivity contribution in [3.63, 3.8) is 0 Å². The Bertz CT molecular complexity index is 867. The number of nitrogens with one attached hydrogen (secondary N) is 1. The molecule has 3 rings (SSSR count). The van der Waals surface area contributed by atoms with Crippen molar-refractivity contribution in [1.82, 2.24) is 15.0 Å². The van der Waals surface area contributed by atoms with Gasteiger partial charge in [-0.25, -0.2) is 4.98 Å². The first-order valence-corrected chi connectivity index (χ1v) is 6.26. The maximum Gasteiger partial charge on any atom is 0.251 e. The van der Waals surface area contributed by atoms with Crippen LogP contribution in [0, 0.1) is 13.8 Å². The number of fused-ring (bicyclic) bond motifs is 1. The Hall–Kier alpha value is -2.69. The predicted molar refractivity (Wildman–Crippen MR) is 79.5 cm³/mol. The van der Waals surface area contributed by atoms with Crippen molar-refractivity contribution in [3.8, 4) is 11.1 Å². The number of nitrogen functional groups attached to an aromatic ring is 1. The number of anilines is 1. The van der Waals surface area contributed by atoms with Gasteiger partial charge in [-0.15, -0.1) is 0 Å². The zero-order valence-corrected chi connectivity index (χ0v) is 11.3. The van der Waals surface area contributed by atoms with E-state index in [1.165, 1.54) is 0 Å². The number of hydrogen-bond acceptors (Lipinski definition) is 4. The Morgan fingerprint density at radius 2 is 1.95 bits per heavy atom. The van der Waals surface area contributed by atoms with Crippen molar-refractivity contribution in [2.75, 3.05) is 5.73 Å². The van der Waals surface area contributed by atoms with Gasteiger partial charge >= 0.3 is 0 Å². The van der Waals surface area contributed by atoms with Crippen molar-refractivity contribution < 1.29 is 0 Å². The fourth-order valence-corrected chi connectivity index (χ4v) is 2.25. The van der Waals surface area contributed by atoms with Gasteiger partial charge in [0.1, 0.15) is 5.82 Å². The minimum Gasteiger partial charge on any atom is -0.382 e. The molecule has 0 spiro atoms. The summed E-state index contributed by atoms with van der Waals surface area (Å²) < 4.78 is 0. The van der Waals surface area contributed by atoms with E-state index in [2.05, 4.69) is 15.0 Å². The summed E-state index contributed by atoms with van der Waals surface area (Å²) in [7, 11) is 0. The molecule has 0 aliphatic carbocycles. The lowest BCUT2D eigenvalue weighted by molar-refractivity contribution is 1.21. The first-order chi connectivity index (χ1) is 9.56. The minimum absolute atomic E-state index is 0.148. The lowest BCUT2D eigenvalue weighted by Gasteiger charge is -2.09. The molecule has 0 aromatic carbocycles. The molecule has 0 aliphatic heterocycles. The van der Waals surface area contributed by atoms with Crippen molar-refractivity contribution >= 4 is 16.7 Å². The van der Waals surface area contributed by atoms with E-state index in [-0.39, 0.29) is 5.56 Å². The number of aromatic amines is 1. The van der Waals surface area contributed by atoms with Gasteiger partial charge in [-0.1, -0.05) is 0 Å². The molecule has 0 radical (unpaired) electrons. The molecule has 3 aromatic heterocycles. The monoisotopic (exact) mass is 266 g/mol. The molecule has 3 N–H and O–H groups in total. The van der Waals surface area contributed by atoms with E-state index in [0.29, 0.717) is 16.9 Å². The zero-order valence-electron chi connectivity index (χ0n) is 11.3. The first kappa shape index (κ1) is 12.3. The Morgan fingerprint density at radius 1 is 1.15 bits per heavy atom. The van der Waals surface area contributed by atoms with Crippen molar-refractivity contribution in [3.05, 3.63) is 52.2 Å². The molecule has 0 fully saturated rings.